The number of hydrogen-bond donors (Lipinski definition) is 0. The van der Waals surface area contributed by atoms with Gasteiger partial charge in [-0.3, -0.25) is 4.90 Å². The maximum Gasteiger partial charge on any atom is 0.163 e. The Balaban J connectivity index is 1.59. The molecule has 1 fully saturated rings. The van der Waals surface area contributed by atoms with Crippen molar-refractivity contribution in [3.63, 3.8) is 0 Å². The number of morpholine rings is 1. The van der Waals surface area contributed by atoms with Gasteiger partial charge in [-0.15, -0.1) is 10.2 Å². The van der Waals surface area contributed by atoms with Gasteiger partial charge in [0.1, 0.15) is 5.82 Å². The van der Waals surface area contributed by atoms with Crippen LogP contribution >= 0.6 is 0 Å². The van der Waals surface area contributed by atoms with Gasteiger partial charge in [0.05, 0.1) is 25.8 Å². The molecule has 25 heavy (non-hydrogen) atoms. The van der Waals surface area contributed by atoms with Crippen LogP contribution in [0.5, 0.6) is 0 Å². The Morgan fingerprint density at radius 2 is 1.92 bits per heavy atom. The molecule has 6 nitrogen and oxygen atoms in total. The van der Waals surface area contributed by atoms with E-state index in [-0.39, 0.29) is 6.04 Å². The summed E-state index contributed by atoms with van der Waals surface area (Å²) in [5.74, 6) is 1.87. The van der Waals surface area contributed by atoms with E-state index in [1.165, 1.54) is 5.69 Å². The normalized spacial score (nSPS) is 18.6. The van der Waals surface area contributed by atoms with Crippen LogP contribution in [0.25, 0.3) is 11.4 Å². The average Bonchev–Trinajstić information content (AvgIpc) is 3.23. The van der Waals surface area contributed by atoms with Crippen LogP contribution in [-0.2, 0) is 25.4 Å². The van der Waals surface area contributed by atoms with Crippen LogP contribution in [-0.4, -0.2) is 44.0 Å². The molecule has 0 amide bonds. The van der Waals surface area contributed by atoms with Gasteiger partial charge in [-0.25, -0.2) is 0 Å². The molecule has 2 aromatic heterocycles. The van der Waals surface area contributed by atoms with Crippen LogP contribution in [0, 0.1) is 0 Å². The van der Waals surface area contributed by atoms with Gasteiger partial charge in [0, 0.05) is 38.1 Å². The second-order valence-electron chi connectivity index (χ2n) is 6.47. The molecule has 0 saturated carbocycles. The van der Waals surface area contributed by atoms with Gasteiger partial charge in [0.15, 0.2) is 5.82 Å². The third-order valence-corrected chi connectivity index (χ3v) is 4.91. The van der Waals surface area contributed by atoms with Crippen LogP contribution in [0.2, 0.25) is 0 Å². The fraction of sp³-hybridized carbons (Fsp3) is 0.368. The molecule has 1 atom stereocenters. The van der Waals surface area contributed by atoms with E-state index in [9.17, 15) is 0 Å². The molecule has 4 rings (SSSR count). The first-order valence-corrected chi connectivity index (χ1v) is 8.61. The molecular weight excluding hydrogens is 314 g/mol. The third kappa shape index (κ3) is 3.10. The lowest BCUT2D eigenvalue weighted by Crippen LogP contribution is -2.40. The van der Waals surface area contributed by atoms with E-state index in [0.29, 0.717) is 6.61 Å². The quantitative estimate of drug-likeness (QED) is 0.733. The van der Waals surface area contributed by atoms with Gasteiger partial charge in [0.2, 0.25) is 0 Å². The predicted octanol–water partition coefficient (Wildman–Crippen LogP) is 2.39. The Labute approximate surface area is 147 Å². The number of rotatable bonds is 4. The monoisotopic (exact) mass is 337 g/mol. The largest absolute Gasteiger partial charge is 0.378 e. The number of nitrogens with zero attached hydrogens (tertiary/aromatic N) is 5. The Morgan fingerprint density at radius 3 is 2.68 bits per heavy atom. The lowest BCUT2D eigenvalue weighted by atomic mass is 10.1. The minimum Gasteiger partial charge on any atom is -0.378 e. The molecule has 1 saturated heterocycles. The van der Waals surface area contributed by atoms with E-state index in [4.69, 9.17) is 4.74 Å². The average molecular weight is 337 g/mol. The maximum absolute atomic E-state index is 5.74. The molecule has 0 N–H and O–H groups in total. The fourth-order valence-electron chi connectivity index (χ4n) is 3.44. The number of benzene rings is 1. The molecular formula is C19H23N5O. The van der Waals surface area contributed by atoms with Gasteiger partial charge in [-0.2, -0.15) is 0 Å². The highest BCUT2D eigenvalue weighted by atomic mass is 16.5. The molecule has 3 heterocycles. The molecule has 3 aromatic rings. The summed E-state index contributed by atoms with van der Waals surface area (Å²) in [6.45, 7) is 3.12. The van der Waals surface area contributed by atoms with Crippen molar-refractivity contribution >= 4 is 0 Å². The van der Waals surface area contributed by atoms with Gasteiger partial charge in [-0.05, 0) is 12.1 Å². The van der Waals surface area contributed by atoms with Crippen LogP contribution in [0.15, 0.2) is 48.7 Å². The Morgan fingerprint density at radius 1 is 1.08 bits per heavy atom. The second kappa shape index (κ2) is 6.82. The summed E-state index contributed by atoms with van der Waals surface area (Å²) in [6.07, 6.45) is 2.08. The van der Waals surface area contributed by atoms with Crippen molar-refractivity contribution < 1.29 is 4.74 Å². The molecule has 1 aliphatic heterocycles. The summed E-state index contributed by atoms with van der Waals surface area (Å²) in [6, 6.07) is 14.7. The van der Waals surface area contributed by atoms with E-state index < -0.39 is 0 Å². The number of aromatic nitrogens is 4. The minimum absolute atomic E-state index is 0.241. The van der Waals surface area contributed by atoms with Gasteiger partial charge >= 0.3 is 0 Å². The van der Waals surface area contributed by atoms with E-state index in [1.54, 1.807) is 0 Å². The highest BCUT2D eigenvalue weighted by molar-refractivity contribution is 5.54. The molecule has 0 unspecified atom stereocenters. The van der Waals surface area contributed by atoms with E-state index in [2.05, 4.69) is 61.7 Å². The minimum atomic E-state index is 0.241. The number of aryl methyl sites for hydroxylation is 1. The summed E-state index contributed by atoms with van der Waals surface area (Å²) in [4.78, 5) is 2.43. The first-order chi connectivity index (χ1) is 12.2. The summed E-state index contributed by atoms with van der Waals surface area (Å²) < 4.78 is 9.99. The van der Waals surface area contributed by atoms with E-state index >= 15 is 0 Å². The zero-order valence-corrected chi connectivity index (χ0v) is 14.7. The second-order valence-corrected chi connectivity index (χ2v) is 6.47. The van der Waals surface area contributed by atoms with Gasteiger partial charge in [0.25, 0.3) is 0 Å². The van der Waals surface area contributed by atoms with Crippen LogP contribution in [0.4, 0.5) is 0 Å². The molecule has 1 aliphatic rings. The smallest absolute Gasteiger partial charge is 0.163 e. The van der Waals surface area contributed by atoms with Crippen molar-refractivity contribution in [2.24, 2.45) is 14.1 Å². The summed E-state index contributed by atoms with van der Waals surface area (Å²) in [5, 5.41) is 8.85. The Hall–Kier alpha value is -2.44. The molecule has 1 aromatic carbocycles. The highest BCUT2D eigenvalue weighted by Crippen LogP contribution is 2.26. The molecule has 6 heteroatoms. The summed E-state index contributed by atoms with van der Waals surface area (Å²) in [5.41, 5.74) is 2.36. The van der Waals surface area contributed by atoms with E-state index in [0.717, 1.165) is 36.9 Å². The highest BCUT2D eigenvalue weighted by Gasteiger charge is 2.27. The molecule has 130 valence electrons. The summed E-state index contributed by atoms with van der Waals surface area (Å²) >= 11 is 0. The predicted molar refractivity (Wildman–Crippen MR) is 95.8 cm³/mol. The van der Waals surface area contributed by atoms with Crippen LogP contribution in [0.1, 0.15) is 17.6 Å². The maximum atomic E-state index is 5.74. The third-order valence-electron chi connectivity index (χ3n) is 4.91. The molecule has 0 aliphatic carbocycles. The van der Waals surface area contributed by atoms with Crippen LogP contribution < -0.4 is 0 Å². The number of ether oxygens (including phenoxy) is 1. The van der Waals surface area contributed by atoms with E-state index in [1.807, 2.05) is 25.2 Å². The Bertz CT molecular complexity index is 839. The standard InChI is InChI=1S/C19H23N5O/c1-22-10-6-9-16(22)17-14-25-12-11-24(17)13-18-20-21-19(23(18)2)15-7-4-3-5-8-15/h3-10,17H,11-14H2,1-2H3/t17-/m1/s1. The number of hydrogen-bond acceptors (Lipinski definition) is 4. The van der Waals surface area contributed by atoms with Crippen molar-refractivity contribution in [3.05, 3.63) is 60.2 Å². The Kier molecular flexibility index (Phi) is 4.38. The molecule has 0 bridgehead atoms. The lowest BCUT2D eigenvalue weighted by molar-refractivity contribution is -0.0166. The van der Waals surface area contributed by atoms with Crippen molar-refractivity contribution in [1.82, 2.24) is 24.2 Å². The zero-order valence-electron chi connectivity index (χ0n) is 14.7. The SMILES string of the molecule is Cn1cccc1[C@H]1COCCN1Cc1nnc(-c2ccccc2)n1C. The topological polar surface area (TPSA) is 48.1 Å². The lowest BCUT2D eigenvalue weighted by Gasteiger charge is -2.35. The van der Waals surface area contributed by atoms with Crippen molar-refractivity contribution in [1.29, 1.82) is 0 Å². The molecule has 0 spiro atoms. The zero-order chi connectivity index (χ0) is 17.2. The van der Waals surface area contributed by atoms with Crippen LogP contribution in [0.3, 0.4) is 0 Å². The van der Waals surface area contributed by atoms with Crippen molar-refractivity contribution in [2.45, 2.75) is 12.6 Å². The fourth-order valence-corrected chi connectivity index (χ4v) is 3.44. The van der Waals surface area contributed by atoms with Crippen molar-refractivity contribution in [3.8, 4) is 11.4 Å². The first-order valence-electron chi connectivity index (χ1n) is 8.61. The van der Waals surface area contributed by atoms with Gasteiger partial charge < -0.3 is 13.9 Å². The van der Waals surface area contributed by atoms with Gasteiger partial charge in [-0.1, -0.05) is 30.3 Å². The molecule has 0 radical (unpaired) electrons. The summed E-state index contributed by atoms with van der Waals surface area (Å²) in [7, 11) is 4.12. The van der Waals surface area contributed by atoms with Crippen molar-refractivity contribution in [2.75, 3.05) is 19.8 Å². The first kappa shape index (κ1) is 16.1.